The molecule has 1 heterocycles. The van der Waals surface area contributed by atoms with Crippen molar-refractivity contribution in [1.82, 2.24) is 9.97 Å². The van der Waals surface area contributed by atoms with Crippen molar-refractivity contribution in [2.45, 2.75) is 4.90 Å². The number of aromatic amines is 1. The van der Waals surface area contributed by atoms with Crippen LogP contribution in [0.15, 0.2) is 65.6 Å². The van der Waals surface area contributed by atoms with Gasteiger partial charge in [0.25, 0.3) is 0 Å². The Bertz CT molecular complexity index is 1380. The zero-order valence-electron chi connectivity index (χ0n) is 16.0. The van der Waals surface area contributed by atoms with Crippen molar-refractivity contribution in [3.63, 3.8) is 0 Å². The number of hydrogen-bond donors (Lipinski definition) is 2. The van der Waals surface area contributed by atoms with Crippen LogP contribution < -0.4 is 10.1 Å². The van der Waals surface area contributed by atoms with Gasteiger partial charge in [-0.3, -0.25) is 5.32 Å². The molecule has 1 amide bonds. The molecule has 0 saturated heterocycles. The standard InChI is InChI=1S/C21H15Cl2N3O4S/c1-31(28,29)14-8-5-12(6-9-14)24-21(27)30-13-7-10-17-18(11-13)26-20(25-17)19-15(22)3-2-4-16(19)23/h2-11H,1H3,(H,24,27)(H,25,26). The van der Waals surface area contributed by atoms with Crippen LogP contribution in [0.2, 0.25) is 10.0 Å². The molecule has 3 aromatic carbocycles. The average molecular weight is 476 g/mol. The van der Waals surface area contributed by atoms with Crippen LogP contribution in [0, 0.1) is 0 Å². The third-order valence-electron chi connectivity index (χ3n) is 4.39. The number of benzene rings is 3. The maximum atomic E-state index is 12.2. The molecule has 0 fully saturated rings. The Kier molecular flexibility index (Phi) is 5.62. The first-order chi connectivity index (χ1) is 14.7. The maximum Gasteiger partial charge on any atom is 0.417 e. The summed E-state index contributed by atoms with van der Waals surface area (Å²) in [5.41, 5.74) is 2.26. The molecular formula is C21H15Cl2N3O4S. The van der Waals surface area contributed by atoms with E-state index in [-0.39, 0.29) is 4.90 Å². The third kappa shape index (κ3) is 4.66. The summed E-state index contributed by atoms with van der Waals surface area (Å²) in [6.45, 7) is 0. The third-order valence-corrected chi connectivity index (χ3v) is 6.15. The van der Waals surface area contributed by atoms with E-state index in [1.807, 2.05) is 0 Å². The summed E-state index contributed by atoms with van der Waals surface area (Å²) >= 11 is 12.5. The van der Waals surface area contributed by atoms with Gasteiger partial charge in [-0.15, -0.1) is 0 Å². The SMILES string of the molecule is CS(=O)(=O)c1ccc(NC(=O)Oc2ccc3nc(-c4c(Cl)cccc4Cl)[nH]c3c2)cc1. The first kappa shape index (κ1) is 21.2. The monoisotopic (exact) mass is 475 g/mol. The quantitative estimate of drug-likeness (QED) is 0.402. The van der Waals surface area contributed by atoms with Gasteiger partial charge in [-0.25, -0.2) is 18.2 Å². The van der Waals surface area contributed by atoms with Crippen LogP contribution in [-0.2, 0) is 9.84 Å². The lowest BCUT2D eigenvalue weighted by molar-refractivity contribution is 0.215. The number of carbonyl (C=O) groups is 1. The van der Waals surface area contributed by atoms with Gasteiger partial charge in [0.2, 0.25) is 0 Å². The van der Waals surface area contributed by atoms with Crippen LogP contribution in [0.5, 0.6) is 5.75 Å². The molecule has 0 atom stereocenters. The number of amides is 1. The minimum atomic E-state index is -3.31. The van der Waals surface area contributed by atoms with E-state index >= 15 is 0 Å². The highest BCUT2D eigenvalue weighted by atomic mass is 35.5. The first-order valence-electron chi connectivity index (χ1n) is 8.94. The van der Waals surface area contributed by atoms with E-state index in [0.29, 0.717) is 43.9 Å². The van der Waals surface area contributed by atoms with Crippen LogP contribution in [0.25, 0.3) is 22.4 Å². The van der Waals surface area contributed by atoms with E-state index in [2.05, 4.69) is 15.3 Å². The summed E-state index contributed by atoms with van der Waals surface area (Å²) in [5.74, 6) is 0.788. The summed E-state index contributed by atoms with van der Waals surface area (Å²) < 4.78 is 28.3. The van der Waals surface area contributed by atoms with Gasteiger partial charge in [0.05, 0.1) is 31.5 Å². The minimum absolute atomic E-state index is 0.158. The van der Waals surface area contributed by atoms with Gasteiger partial charge in [-0.1, -0.05) is 29.3 Å². The van der Waals surface area contributed by atoms with Crippen molar-refractivity contribution in [1.29, 1.82) is 0 Å². The fourth-order valence-corrected chi connectivity index (χ4v) is 4.14. The summed E-state index contributed by atoms with van der Waals surface area (Å²) in [5, 5.41) is 3.47. The smallest absolute Gasteiger partial charge is 0.410 e. The Morgan fingerprint density at radius 2 is 1.71 bits per heavy atom. The lowest BCUT2D eigenvalue weighted by Crippen LogP contribution is -2.16. The molecule has 158 valence electrons. The predicted octanol–water partition coefficient (Wildman–Crippen LogP) is 5.55. The molecule has 0 aliphatic carbocycles. The Balaban J connectivity index is 1.52. The molecule has 1 aromatic heterocycles. The number of aromatic nitrogens is 2. The summed E-state index contributed by atoms with van der Waals surface area (Å²) in [4.78, 5) is 20.0. The number of hydrogen-bond acceptors (Lipinski definition) is 5. The maximum absolute atomic E-state index is 12.2. The fourth-order valence-electron chi connectivity index (χ4n) is 2.93. The van der Waals surface area contributed by atoms with Gasteiger partial charge >= 0.3 is 6.09 Å². The molecule has 2 N–H and O–H groups in total. The van der Waals surface area contributed by atoms with Gasteiger partial charge in [0.15, 0.2) is 9.84 Å². The zero-order chi connectivity index (χ0) is 22.2. The Morgan fingerprint density at radius 1 is 1.03 bits per heavy atom. The van der Waals surface area contributed by atoms with Crippen molar-refractivity contribution in [3.05, 3.63) is 70.7 Å². The number of anilines is 1. The molecule has 0 radical (unpaired) electrons. The van der Waals surface area contributed by atoms with Gasteiger partial charge in [0, 0.05) is 18.0 Å². The minimum Gasteiger partial charge on any atom is -0.410 e. The van der Waals surface area contributed by atoms with Crippen molar-refractivity contribution < 1.29 is 17.9 Å². The van der Waals surface area contributed by atoms with Crippen LogP contribution in [0.1, 0.15) is 0 Å². The van der Waals surface area contributed by atoms with Crippen molar-refractivity contribution in [2.24, 2.45) is 0 Å². The number of carbonyl (C=O) groups excluding carboxylic acids is 1. The second-order valence-corrected chi connectivity index (χ2v) is 9.50. The van der Waals surface area contributed by atoms with Crippen molar-refractivity contribution in [3.8, 4) is 17.1 Å². The Morgan fingerprint density at radius 3 is 2.35 bits per heavy atom. The molecule has 10 heteroatoms. The average Bonchev–Trinajstić information content (AvgIpc) is 3.10. The topological polar surface area (TPSA) is 101 Å². The number of rotatable bonds is 4. The Hall–Kier alpha value is -3.07. The lowest BCUT2D eigenvalue weighted by Gasteiger charge is -2.07. The molecule has 4 aromatic rings. The van der Waals surface area contributed by atoms with Crippen LogP contribution in [0.3, 0.4) is 0 Å². The van der Waals surface area contributed by atoms with Crippen molar-refractivity contribution in [2.75, 3.05) is 11.6 Å². The molecule has 0 aliphatic rings. The van der Waals surface area contributed by atoms with E-state index in [1.165, 1.54) is 24.3 Å². The molecule has 0 spiro atoms. The van der Waals surface area contributed by atoms with E-state index in [0.717, 1.165) is 6.26 Å². The molecule has 7 nitrogen and oxygen atoms in total. The number of halogens is 2. The largest absolute Gasteiger partial charge is 0.417 e. The zero-order valence-corrected chi connectivity index (χ0v) is 18.3. The molecule has 0 saturated carbocycles. The number of ether oxygens (including phenoxy) is 1. The highest BCUT2D eigenvalue weighted by Gasteiger charge is 2.14. The highest BCUT2D eigenvalue weighted by Crippen LogP contribution is 2.34. The van der Waals surface area contributed by atoms with E-state index in [4.69, 9.17) is 27.9 Å². The molecular weight excluding hydrogens is 461 g/mol. The molecule has 0 unspecified atom stereocenters. The number of fused-ring (bicyclic) bond motifs is 1. The first-order valence-corrected chi connectivity index (χ1v) is 11.6. The number of H-pyrrole nitrogens is 1. The molecule has 4 rings (SSSR count). The highest BCUT2D eigenvalue weighted by molar-refractivity contribution is 7.90. The van der Waals surface area contributed by atoms with Crippen LogP contribution >= 0.6 is 23.2 Å². The van der Waals surface area contributed by atoms with Gasteiger partial charge in [-0.05, 0) is 48.5 Å². The fraction of sp³-hybridized carbons (Fsp3) is 0.0476. The summed E-state index contributed by atoms with van der Waals surface area (Å²) in [6, 6.07) is 15.9. The molecule has 0 bridgehead atoms. The van der Waals surface area contributed by atoms with Gasteiger partial charge in [0.1, 0.15) is 11.6 Å². The Labute approximate surface area is 187 Å². The van der Waals surface area contributed by atoms with Crippen molar-refractivity contribution >= 4 is 55.9 Å². The normalized spacial score (nSPS) is 11.5. The second kappa shape index (κ2) is 8.22. The van der Waals surface area contributed by atoms with E-state index in [1.54, 1.807) is 36.4 Å². The van der Waals surface area contributed by atoms with Crippen LogP contribution in [-0.4, -0.2) is 30.7 Å². The second-order valence-electron chi connectivity index (χ2n) is 6.67. The summed E-state index contributed by atoms with van der Waals surface area (Å²) in [6.07, 6.45) is 0.390. The molecule has 31 heavy (non-hydrogen) atoms. The summed E-state index contributed by atoms with van der Waals surface area (Å²) in [7, 11) is -3.31. The van der Waals surface area contributed by atoms with Gasteiger partial charge < -0.3 is 9.72 Å². The lowest BCUT2D eigenvalue weighted by atomic mass is 10.2. The van der Waals surface area contributed by atoms with E-state index in [9.17, 15) is 13.2 Å². The number of nitrogens with one attached hydrogen (secondary N) is 2. The number of sulfone groups is 1. The number of nitrogens with zero attached hydrogens (tertiary/aromatic N) is 1. The van der Waals surface area contributed by atoms with Crippen LogP contribution in [0.4, 0.5) is 10.5 Å². The van der Waals surface area contributed by atoms with Gasteiger partial charge in [-0.2, -0.15) is 0 Å². The molecule has 0 aliphatic heterocycles. The predicted molar refractivity (Wildman–Crippen MR) is 121 cm³/mol. The van der Waals surface area contributed by atoms with E-state index < -0.39 is 15.9 Å². The number of imidazole rings is 1.